The van der Waals surface area contributed by atoms with Crippen molar-refractivity contribution in [2.24, 2.45) is 5.92 Å². The van der Waals surface area contributed by atoms with Gasteiger partial charge in [-0.15, -0.1) is 0 Å². The first-order valence-electron chi connectivity index (χ1n) is 8.25. The molecular weight excluding hydrogens is 320 g/mol. The smallest absolute Gasteiger partial charge is 0.239 e. The number of fused-ring (bicyclic) bond motifs is 1. The quantitative estimate of drug-likeness (QED) is 0.867. The van der Waals surface area contributed by atoms with Crippen molar-refractivity contribution in [2.45, 2.75) is 13.0 Å². The Morgan fingerprint density at radius 1 is 1.12 bits per heavy atom. The first-order chi connectivity index (χ1) is 12.2. The van der Waals surface area contributed by atoms with Crippen molar-refractivity contribution in [3.8, 4) is 11.5 Å². The van der Waals surface area contributed by atoms with Crippen LogP contribution in [0.3, 0.4) is 0 Å². The van der Waals surface area contributed by atoms with E-state index in [9.17, 15) is 9.59 Å². The van der Waals surface area contributed by atoms with Gasteiger partial charge in [-0.1, -0.05) is 24.3 Å². The first-order valence-corrected chi connectivity index (χ1v) is 8.25. The molecule has 1 saturated heterocycles. The van der Waals surface area contributed by atoms with Gasteiger partial charge in [0.1, 0.15) is 5.92 Å². The van der Waals surface area contributed by atoms with Crippen LogP contribution in [0.15, 0.2) is 48.5 Å². The van der Waals surface area contributed by atoms with Crippen LogP contribution in [-0.4, -0.2) is 25.2 Å². The van der Waals surface area contributed by atoms with E-state index in [1.54, 1.807) is 4.90 Å². The number of ether oxygens (including phenoxy) is 2. The fraction of sp³-hybridized carbons (Fsp3) is 0.263. The highest BCUT2D eigenvalue weighted by molar-refractivity contribution is 6.09. The molecule has 2 aromatic carbocycles. The summed E-state index contributed by atoms with van der Waals surface area (Å²) < 4.78 is 10.6. The molecule has 0 radical (unpaired) electrons. The van der Waals surface area contributed by atoms with Crippen molar-refractivity contribution in [1.82, 2.24) is 5.32 Å². The van der Waals surface area contributed by atoms with Crippen LogP contribution in [0.5, 0.6) is 11.5 Å². The summed E-state index contributed by atoms with van der Waals surface area (Å²) in [5, 5.41) is 2.85. The molecule has 0 saturated carbocycles. The number of nitrogens with one attached hydrogen (secondary N) is 1. The topological polar surface area (TPSA) is 67.9 Å². The monoisotopic (exact) mass is 338 g/mol. The third-order valence-corrected chi connectivity index (χ3v) is 4.49. The maximum atomic E-state index is 12.5. The lowest BCUT2D eigenvalue weighted by molar-refractivity contribution is -0.132. The molecule has 1 fully saturated rings. The number of anilines is 1. The number of hydrogen-bond acceptors (Lipinski definition) is 4. The molecule has 2 aromatic rings. The predicted octanol–water partition coefficient (Wildman–Crippen LogP) is 2.08. The minimum atomic E-state index is -0.630. The number of para-hydroxylation sites is 1. The van der Waals surface area contributed by atoms with Crippen LogP contribution in [0.1, 0.15) is 12.0 Å². The summed E-state index contributed by atoms with van der Waals surface area (Å²) in [7, 11) is 0. The molecule has 6 nitrogen and oxygen atoms in total. The Hall–Kier alpha value is -3.02. The van der Waals surface area contributed by atoms with E-state index in [1.165, 1.54) is 0 Å². The molecule has 0 spiro atoms. The number of nitrogens with zero attached hydrogens (tertiary/aromatic N) is 1. The number of carbonyl (C=O) groups is 2. The molecule has 0 bridgehead atoms. The van der Waals surface area contributed by atoms with Crippen LogP contribution in [0.2, 0.25) is 0 Å². The average Bonchev–Trinajstić information content (AvgIpc) is 3.26. The molecule has 2 heterocycles. The third-order valence-electron chi connectivity index (χ3n) is 4.49. The molecule has 128 valence electrons. The normalized spacial score (nSPS) is 18.5. The summed E-state index contributed by atoms with van der Waals surface area (Å²) in [5.74, 6) is 0.378. The Bertz CT molecular complexity index is 806. The van der Waals surface area contributed by atoms with E-state index in [0.717, 1.165) is 11.3 Å². The predicted molar refractivity (Wildman–Crippen MR) is 91.3 cm³/mol. The maximum absolute atomic E-state index is 12.5. The molecular formula is C19H18N2O4. The molecule has 4 rings (SSSR count). The second-order valence-corrected chi connectivity index (χ2v) is 6.07. The van der Waals surface area contributed by atoms with Crippen LogP contribution in [0.4, 0.5) is 5.69 Å². The van der Waals surface area contributed by atoms with Crippen LogP contribution in [-0.2, 0) is 16.1 Å². The van der Waals surface area contributed by atoms with Gasteiger partial charge in [0.2, 0.25) is 18.6 Å². The van der Waals surface area contributed by atoms with Crippen molar-refractivity contribution < 1.29 is 19.1 Å². The van der Waals surface area contributed by atoms with Gasteiger partial charge in [0.05, 0.1) is 0 Å². The van der Waals surface area contributed by atoms with Gasteiger partial charge in [0.15, 0.2) is 11.5 Å². The lowest BCUT2D eigenvalue weighted by Gasteiger charge is -2.16. The molecule has 1 unspecified atom stereocenters. The average molecular weight is 338 g/mol. The van der Waals surface area contributed by atoms with E-state index in [2.05, 4.69) is 5.32 Å². The van der Waals surface area contributed by atoms with E-state index in [0.29, 0.717) is 31.0 Å². The number of amides is 2. The van der Waals surface area contributed by atoms with Crippen LogP contribution < -0.4 is 19.7 Å². The third kappa shape index (κ3) is 3.03. The van der Waals surface area contributed by atoms with E-state index >= 15 is 0 Å². The van der Waals surface area contributed by atoms with Crippen molar-refractivity contribution in [2.75, 3.05) is 18.2 Å². The van der Waals surface area contributed by atoms with Crippen LogP contribution in [0.25, 0.3) is 0 Å². The van der Waals surface area contributed by atoms with E-state index in [1.807, 2.05) is 48.5 Å². The Balaban J connectivity index is 1.38. The highest BCUT2D eigenvalue weighted by atomic mass is 16.7. The van der Waals surface area contributed by atoms with E-state index in [4.69, 9.17) is 9.47 Å². The Kier molecular flexibility index (Phi) is 4.01. The fourth-order valence-corrected chi connectivity index (χ4v) is 3.15. The zero-order valence-corrected chi connectivity index (χ0v) is 13.6. The highest BCUT2D eigenvalue weighted by Crippen LogP contribution is 2.32. The fourth-order valence-electron chi connectivity index (χ4n) is 3.15. The van der Waals surface area contributed by atoms with Crippen LogP contribution >= 0.6 is 0 Å². The Morgan fingerprint density at radius 3 is 2.76 bits per heavy atom. The Labute approximate surface area is 145 Å². The Morgan fingerprint density at radius 2 is 1.92 bits per heavy atom. The minimum Gasteiger partial charge on any atom is -0.454 e. The summed E-state index contributed by atoms with van der Waals surface area (Å²) in [6, 6.07) is 15.0. The molecule has 6 heteroatoms. The lowest BCUT2D eigenvalue weighted by atomic mass is 10.1. The van der Waals surface area contributed by atoms with Gasteiger partial charge in [-0.25, -0.2) is 0 Å². The molecule has 0 aromatic heterocycles. The zero-order valence-electron chi connectivity index (χ0n) is 13.6. The van der Waals surface area contributed by atoms with Gasteiger partial charge in [-0.05, 0) is 36.2 Å². The summed E-state index contributed by atoms with van der Waals surface area (Å²) in [6.07, 6.45) is 0.528. The van der Waals surface area contributed by atoms with Crippen molar-refractivity contribution in [3.05, 3.63) is 54.1 Å². The zero-order chi connectivity index (χ0) is 17.2. The standard InChI is InChI=1S/C19H18N2O4/c22-18(20-11-13-6-7-16-17(10-13)25-12-24-16)15-8-9-21(19(15)23)14-4-2-1-3-5-14/h1-7,10,15H,8-9,11-12H2,(H,20,22). The van der Waals surface area contributed by atoms with E-state index < -0.39 is 5.92 Å². The number of carbonyl (C=O) groups excluding carboxylic acids is 2. The first kappa shape index (κ1) is 15.5. The molecule has 1 N–H and O–H groups in total. The van der Waals surface area contributed by atoms with Crippen molar-refractivity contribution >= 4 is 17.5 Å². The van der Waals surface area contributed by atoms with Gasteiger partial charge >= 0.3 is 0 Å². The largest absolute Gasteiger partial charge is 0.454 e. The second kappa shape index (κ2) is 6.47. The molecule has 25 heavy (non-hydrogen) atoms. The molecule has 0 aliphatic carbocycles. The van der Waals surface area contributed by atoms with Gasteiger partial charge in [0, 0.05) is 18.8 Å². The summed E-state index contributed by atoms with van der Waals surface area (Å²) >= 11 is 0. The van der Waals surface area contributed by atoms with Crippen molar-refractivity contribution in [3.63, 3.8) is 0 Å². The maximum Gasteiger partial charge on any atom is 0.239 e. The summed E-state index contributed by atoms with van der Waals surface area (Å²) in [5.41, 5.74) is 1.74. The molecule has 2 amide bonds. The van der Waals surface area contributed by atoms with Crippen molar-refractivity contribution in [1.29, 1.82) is 0 Å². The minimum absolute atomic E-state index is 0.144. The molecule has 2 aliphatic heterocycles. The SMILES string of the molecule is O=C(NCc1ccc2c(c1)OCO2)C1CCN(c2ccccc2)C1=O. The summed E-state index contributed by atoms with van der Waals surface area (Å²) in [4.78, 5) is 26.6. The summed E-state index contributed by atoms with van der Waals surface area (Å²) in [6.45, 7) is 1.13. The van der Waals surface area contributed by atoms with Crippen LogP contribution in [0, 0.1) is 5.92 Å². The number of rotatable bonds is 4. The second-order valence-electron chi connectivity index (χ2n) is 6.07. The van der Waals surface area contributed by atoms with Gasteiger partial charge in [-0.3, -0.25) is 9.59 Å². The van der Waals surface area contributed by atoms with Gasteiger partial charge in [0.25, 0.3) is 0 Å². The number of benzene rings is 2. The molecule has 2 aliphatic rings. The van der Waals surface area contributed by atoms with Gasteiger partial charge in [-0.2, -0.15) is 0 Å². The van der Waals surface area contributed by atoms with E-state index in [-0.39, 0.29) is 18.6 Å². The highest BCUT2D eigenvalue weighted by Gasteiger charge is 2.37. The molecule has 1 atom stereocenters. The lowest BCUT2D eigenvalue weighted by Crippen LogP contribution is -2.36. The van der Waals surface area contributed by atoms with Gasteiger partial charge < -0.3 is 19.7 Å². The number of hydrogen-bond donors (Lipinski definition) is 1.